The molecule has 0 aliphatic carbocycles. The lowest BCUT2D eigenvalue weighted by Crippen LogP contribution is -2.28. The first kappa shape index (κ1) is 15.7. The Hall–Kier alpha value is -1.67. The van der Waals surface area contributed by atoms with E-state index in [0.29, 0.717) is 12.0 Å². The average Bonchev–Trinajstić information content (AvgIpc) is 2.51. The van der Waals surface area contributed by atoms with E-state index in [1.807, 2.05) is 18.2 Å². The highest BCUT2D eigenvalue weighted by molar-refractivity contribution is 5.22. The zero-order chi connectivity index (χ0) is 15.1. The molecule has 0 aromatic heterocycles. The van der Waals surface area contributed by atoms with Crippen molar-refractivity contribution in [1.82, 2.24) is 5.32 Å². The molecule has 2 aromatic carbocycles. The predicted octanol–water partition coefficient (Wildman–Crippen LogP) is 4.75. The van der Waals surface area contributed by atoms with E-state index in [2.05, 4.69) is 43.4 Å². The molecule has 21 heavy (non-hydrogen) atoms. The van der Waals surface area contributed by atoms with Crippen molar-refractivity contribution in [2.45, 2.75) is 32.7 Å². The minimum atomic E-state index is -0.171. The third-order valence-electron chi connectivity index (χ3n) is 3.81. The van der Waals surface area contributed by atoms with Gasteiger partial charge in [0.05, 0.1) is 0 Å². The standard InChI is InChI=1S/C19H24FN/c1-3-13-21-19(17-7-5-4-6-8-17)15(2)14-16-9-11-18(20)12-10-16/h4-12,15,19,21H,3,13-14H2,1-2H3. The van der Waals surface area contributed by atoms with E-state index in [9.17, 15) is 4.39 Å². The van der Waals surface area contributed by atoms with Crippen molar-refractivity contribution in [2.24, 2.45) is 5.92 Å². The topological polar surface area (TPSA) is 12.0 Å². The van der Waals surface area contributed by atoms with E-state index in [1.165, 1.54) is 11.1 Å². The van der Waals surface area contributed by atoms with Crippen molar-refractivity contribution in [1.29, 1.82) is 0 Å². The van der Waals surface area contributed by atoms with Crippen molar-refractivity contribution in [3.05, 3.63) is 71.5 Å². The SMILES string of the molecule is CCCNC(c1ccccc1)C(C)Cc1ccc(F)cc1. The predicted molar refractivity (Wildman–Crippen MR) is 86.7 cm³/mol. The van der Waals surface area contributed by atoms with Gasteiger partial charge in [-0.1, -0.05) is 56.3 Å². The summed E-state index contributed by atoms with van der Waals surface area (Å²) in [6.07, 6.45) is 2.06. The fourth-order valence-electron chi connectivity index (χ4n) is 2.72. The highest BCUT2D eigenvalue weighted by atomic mass is 19.1. The molecular formula is C19H24FN. The molecule has 2 atom stereocenters. The molecule has 0 saturated carbocycles. The second-order valence-electron chi connectivity index (χ2n) is 5.65. The highest BCUT2D eigenvalue weighted by Crippen LogP contribution is 2.25. The summed E-state index contributed by atoms with van der Waals surface area (Å²) in [4.78, 5) is 0. The molecule has 2 aromatic rings. The van der Waals surface area contributed by atoms with Crippen LogP contribution in [0.4, 0.5) is 4.39 Å². The first-order valence-electron chi connectivity index (χ1n) is 7.73. The van der Waals surface area contributed by atoms with Gasteiger partial charge in [-0.3, -0.25) is 0 Å². The number of hydrogen-bond acceptors (Lipinski definition) is 1. The molecule has 0 bridgehead atoms. The number of hydrogen-bond donors (Lipinski definition) is 1. The van der Waals surface area contributed by atoms with E-state index < -0.39 is 0 Å². The van der Waals surface area contributed by atoms with Crippen LogP contribution >= 0.6 is 0 Å². The lowest BCUT2D eigenvalue weighted by molar-refractivity contribution is 0.384. The van der Waals surface area contributed by atoms with E-state index >= 15 is 0 Å². The van der Waals surface area contributed by atoms with Crippen LogP contribution in [0.1, 0.15) is 37.4 Å². The fourth-order valence-corrected chi connectivity index (χ4v) is 2.72. The van der Waals surface area contributed by atoms with Crippen LogP contribution in [0.25, 0.3) is 0 Å². The number of halogens is 1. The van der Waals surface area contributed by atoms with Gasteiger partial charge >= 0.3 is 0 Å². The monoisotopic (exact) mass is 285 g/mol. The summed E-state index contributed by atoms with van der Waals surface area (Å²) >= 11 is 0. The van der Waals surface area contributed by atoms with Gasteiger partial charge in [0.15, 0.2) is 0 Å². The van der Waals surface area contributed by atoms with Crippen LogP contribution in [0, 0.1) is 11.7 Å². The Morgan fingerprint density at radius 3 is 2.29 bits per heavy atom. The summed E-state index contributed by atoms with van der Waals surface area (Å²) < 4.78 is 13.0. The quantitative estimate of drug-likeness (QED) is 0.774. The maximum absolute atomic E-state index is 13.0. The molecule has 1 N–H and O–H groups in total. The molecule has 0 aliphatic rings. The number of rotatable bonds is 7. The van der Waals surface area contributed by atoms with Gasteiger partial charge < -0.3 is 5.32 Å². The Kier molecular flexibility index (Phi) is 5.94. The molecule has 0 aliphatic heterocycles. The summed E-state index contributed by atoms with van der Waals surface area (Å²) in [6, 6.07) is 17.7. The largest absolute Gasteiger partial charge is 0.310 e. The zero-order valence-electron chi connectivity index (χ0n) is 12.9. The van der Waals surface area contributed by atoms with Gasteiger partial charge in [0.25, 0.3) is 0 Å². The minimum absolute atomic E-state index is 0.171. The molecule has 0 saturated heterocycles. The maximum Gasteiger partial charge on any atom is 0.123 e. The average molecular weight is 285 g/mol. The van der Waals surface area contributed by atoms with Crippen molar-refractivity contribution in [3.63, 3.8) is 0 Å². The minimum Gasteiger partial charge on any atom is -0.310 e. The Bertz CT molecular complexity index is 521. The van der Waals surface area contributed by atoms with Crippen molar-refractivity contribution < 1.29 is 4.39 Å². The highest BCUT2D eigenvalue weighted by Gasteiger charge is 2.18. The number of nitrogens with one attached hydrogen (secondary N) is 1. The van der Waals surface area contributed by atoms with Crippen molar-refractivity contribution >= 4 is 0 Å². The molecular weight excluding hydrogens is 261 g/mol. The lowest BCUT2D eigenvalue weighted by atomic mass is 9.89. The molecule has 2 heteroatoms. The fraction of sp³-hybridized carbons (Fsp3) is 0.368. The molecule has 1 nitrogen and oxygen atoms in total. The molecule has 2 unspecified atom stereocenters. The lowest BCUT2D eigenvalue weighted by Gasteiger charge is -2.26. The van der Waals surface area contributed by atoms with Gasteiger partial charge in [-0.25, -0.2) is 4.39 Å². The molecule has 0 fully saturated rings. The molecule has 0 spiro atoms. The van der Waals surface area contributed by atoms with Crippen molar-refractivity contribution in [3.8, 4) is 0 Å². The molecule has 112 valence electrons. The number of benzene rings is 2. The van der Waals surface area contributed by atoms with Gasteiger partial charge in [0.2, 0.25) is 0 Å². The van der Waals surface area contributed by atoms with Crippen LogP contribution in [0.5, 0.6) is 0 Å². The van der Waals surface area contributed by atoms with Gasteiger partial charge in [-0.05, 0) is 48.6 Å². The van der Waals surface area contributed by atoms with Crippen LogP contribution in [0.2, 0.25) is 0 Å². The van der Waals surface area contributed by atoms with Crippen LogP contribution in [-0.4, -0.2) is 6.54 Å². The van der Waals surface area contributed by atoms with Crippen LogP contribution in [0.3, 0.4) is 0 Å². The Morgan fingerprint density at radius 2 is 1.67 bits per heavy atom. The normalized spacial score (nSPS) is 13.9. The third kappa shape index (κ3) is 4.68. The first-order chi connectivity index (χ1) is 10.2. The van der Waals surface area contributed by atoms with Crippen molar-refractivity contribution in [2.75, 3.05) is 6.54 Å². The van der Waals surface area contributed by atoms with Crippen LogP contribution in [-0.2, 0) is 6.42 Å². The van der Waals surface area contributed by atoms with Gasteiger partial charge in [0, 0.05) is 6.04 Å². The van der Waals surface area contributed by atoms with E-state index in [1.54, 1.807) is 12.1 Å². The maximum atomic E-state index is 13.0. The molecule has 0 radical (unpaired) electrons. The summed E-state index contributed by atoms with van der Waals surface area (Å²) in [5.41, 5.74) is 2.50. The summed E-state index contributed by atoms with van der Waals surface area (Å²) in [5, 5.41) is 3.64. The second kappa shape index (κ2) is 7.94. The van der Waals surface area contributed by atoms with E-state index in [4.69, 9.17) is 0 Å². The first-order valence-corrected chi connectivity index (χ1v) is 7.73. The van der Waals surface area contributed by atoms with E-state index in [0.717, 1.165) is 19.4 Å². The second-order valence-corrected chi connectivity index (χ2v) is 5.65. The van der Waals surface area contributed by atoms with Gasteiger partial charge in [-0.2, -0.15) is 0 Å². The smallest absolute Gasteiger partial charge is 0.123 e. The summed E-state index contributed by atoms with van der Waals surface area (Å²) in [6.45, 7) is 5.44. The Labute approximate surface area is 127 Å². The van der Waals surface area contributed by atoms with Gasteiger partial charge in [0.1, 0.15) is 5.82 Å². The summed E-state index contributed by atoms with van der Waals surface area (Å²) in [5.74, 6) is 0.277. The Morgan fingerprint density at radius 1 is 1.00 bits per heavy atom. The zero-order valence-corrected chi connectivity index (χ0v) is 12.9. The Balaban J connectivity index is 2.10. The molecule has 0 amide bonds. The molecule has 2 rings (SSSR count). The van der Waals surface area contributed by atoms with E-state index in [-0.39, 0.29) is 5.82 Å². The summed E-state index contributed by atoms with van der Waals surface area (Å²) in [7, 11) is 0. The van der Waals surface area contributed by atoms with Crippen LogP contribution in [0.15, 0.2) is 54.6 Å². The van der Waals surface area contributed by atoms with Crippen LogP contribution < -0.4 is 5.32 Å². The molecule has 0 heterocycles. The third-order valence-corrected chi connectivity index (χ3v) is 3.81. The van der Waals surface area contributed by atoms with Gasteiger partial charge in [-0.15, -0.1) is 0 Å².